The standard InChI is InChI=1S/C11H9NO/c13-11-7-2-1-5-9(11)10-6-3-4-8-12-10/h1-8,13H. The zero-order valence-corrected chi connectivity index (χ0v) is 7.01. The fourth-order valence-electron chi connectivity index (χ4n) is 1.21. The molecule has 0 saturated heterocycles. The first-order valence-corrected chi connectivity index (χ1v) is 4.07. The number of aromatic nitrogens is 1. The molecule has 0 atom stereocenters. The van der Waals surface area contributed by atoms with E-state index in [-0.39, 0.29) is 5.75 Å². The van der Waals surface area contributed by atoms with Crippen LogP contribution in [0, 0.1) is 0 Å². The van der Waals surface area contributed by atoms with Crippen molar-refractivity contribution in [1.29, 1.82) is 0 Å². The van der Waals surface area contributed by atoms with Crippen LogP contribution in [0.15, 0.2) is 48.7 Å². The molecule has 64 valence electrons. The summed E-state index contributed by atoms with van der Waals surface area (Å²) in [5.41, 5.74) is 1.56. The summed E-state index contributed by atoms with van der Waals surface area (Å²) in [4.78, 5) is 4.15. The maximum absolute atomic E-state index is 9.52. The number of phenols is 1. The minimum absolute atomic E-state index is 0.265. The van der Waals surface area contributed by atoms with E-state index >= 15 is 0 Å². The number of aromatic hydroxyl groups is 1. The molecular formula is C11H9NO. The van der Waals surface area contributed by atoms with Crippen LogP contribution in [0.25, 0.3) is 11.3 Å². The van der Waals surface area contributed by atoms with Gasteiger partial charge < -0.3 is 5.11 Å². The second-order valence-electron chi connectivity index (χ2n) is 2.73. The molecule has 1 aromatic carbocycles. The third-order valence-corrected chi connectivity index (χ3v) is 1.84. The van der Waals surface area contributed by atoms with Crippen molar-refractivity contribution in [2.24, 2.45) is 0 Å². The largest absolute Gasteiger partial charge is 0.507 e. The molecule has 2 heteroatoms. The molecule has 0 spiro atoms. The Kier molecular flexibility index (Phi) is 1.96. The first-order valence-electron chi connectivity index (χ1n) is 4.07. The molecule has 1 N–H and O–H groups in total. The number of phenolic OH excluding ortho intramolecular Hbond substituents is 1. The number of nitrogens with zero attached hydrogens (tertiary/aromatic N) is 1. The van der Waals surface area contributed by atoms with E-state index in [2.05, 4.69) is 4.98 Å². The highest BCUT2D eigenvalue weighted by Crippen LogP contribution is 2.25. The van der Waals surface area contributed by atoms with Crippen molar-refractivity contribution in [2.45, 2.75) is 0 Å². The van der Waals surface area contributed by atoms with Gasteiger partial charge in [-0.25, -0.2) is 0 Å². The van der Waals surface area contributed by atoms with Crippen LogP contribution in [0.2, 0.25) is 0 Å². The van der Waals surface area contributed by atoms with Gasteiger partial charge in [0.2, 0.25) is 0 Å². The number of para-hydroxylation sites is 1. The van der Waals surface area contributed by atoms with Crippen LogP contribution < -0.4 is 0 Å². The molecule has 2 rings (SSSR count). The van der Waals surface area contributed by atoms with Crippen molar-refractivity contribution in [3.63, 3.8) is 0 Å². The monoisotopic (exact) mass is 171 g/mol. The zero-order chi connectivity index (χ0) is 9.10. The Hall–Kier alpha value is -1.83. The van der Waals surface area contributed by atoms with Crippen LogP contribution in [-0.2, 0) is 0 Å². The van der Waals surface area contributed by atoms with Crippen molar-refractivity contribution >= 4 is 0 Å². The van der Waals surface area contributed by atoms with Crippen LogP contribution in [-0.4, -0.2) is 10.1 Å². The van der Waals surface area contributed by atoms with E-state index in [4.69, 9.17) is 0 Å². The molecule has 0 aliphatic rings. The van der Waals surface area contributed by atoms with Crippen molar-refractivity contribution in [3.8, 4) is 17.0 Å². The fraction of sp³-hybridized carbons (Fsp3) is 0. The molecule has 1 heterocycles. The average molecular weight is 171 g/mol. The van der Waals surface area contributed by atoms with Gasteiger partial charge in [-0.2, -0.15) is 0 Å². The highest BCUT2D eigenvalue weighted by Gasteiger charge is 2.01. The second kappa shape index (κ2) is 3.27. The van der Waals surface area contributed by atoms with Crippen molar-refractivity contribution in [3.05, 3.63) is 48.7 Å². The quantitative estimate of drug-likeness (QED) is 0.714. The van der Waals surface area contributed by atoms with Gasteiger partial charge >= 0.3 is 0 Å². The number of benzene rings is 1. The summed E-state index contributed by atoms with van der Waals surface area (Å²) in [6, 6.07) is 12.8. The Morgan fingerprint density at radius 1 is 0.923 bits per heavy atom. The molecule has 0 saturated carbocycles. The summed E-state index contributed by atoms with van der Waals surface area (Å²) >= 11 is 0. The molecule has 0 unspecified atom stereocenters. The van der Waals surface area contributed by atoms with E-state index in [0.29, 0.717) is 0 Å². The number of pyridine rings is 1. The predicted molar refractivity (Wildman–Crippen MR) is 51.3 cm³/mol. The Morgan fingerprint density at radius 2 is 1.69 bits per heavy atom. The van der Waals surface area contributed by atoms with Gasteiger partial charge in [0.25, 0.3) is 0 Å². The van der Waals surface area contributed by atoms with Crippen LogP contribution >= 0.6 is 0 Å². The molecule has 0 bridgehead atoms. The average Bonchev–Trinajstić information content (AvgIpc) is 2.20. The van der Waals surface area contributed by atoms with Gasteiger partial charge in [-0.3, -0.25) is 4.98 Å². The van der Waals surface area contributed by atoms with E-state index in [1.165, 1.54) is 0 Å². The first kappa shape index (κ1) is 7.80. The first-order chi connectivity index (χ1) is 6.38. The topological polar surface area (TPSA) is 33.1 Å². The lowest BCUT2D eigenvalue weighted by molar-refractivity contribution is 0.477. The normalized spacial score (nSPS) is 9.85. The lowest BCUT2D eigenvalue weighted by Crippen LogP contribution is -1.81. The minimum Gasteiger partial charge on any atom is -0.507 e. The van der Waals surface area contributed by atoms with Crippen LogP contribution in [0.5, 0.6) is 5.75 Å². The third kappa shape index (κ3) is 1.51. The highest BCUT2D eigenvalue weighted by molar-refractivity contribution is 5.66. The van der Waals surface area contributed by atoms with Crippen molar-refractivity contribution < 1.29 is 5.11 Å². The Balaban J connectivity index is 2.54. The van der Waals surface area contributed by atoms with Gasteiger partial charge in [0, 0.05) is 11.8 Å². The maximum Gasteiger partial charge on any atom is 0.124 e. The Bertz CT molecular complexity index is 398. The van der Waals surface area contributed by atoms with E-state index < -0.39 is 0 Å². The fourth-order valence-corrected chi connectivity index (χ4v) is 1.21. The summed E-state index contributed by atoms with van der Waals surface area (Å²) in [6.07, 6.45) is 1.71. The van der Waals surface area contributed by atoms with Crippen LogP contribution in [0.1, 0.15) is 0 Å². The van der Waals surface area contributed by atoms with Gasteiger partial charge in [-0.05, 0) is 24.3 Å². The third-order valence-electron chi connectivity index (χ3n) is 1.84. The van der Waals surface area contributed by atoms with E-state index in [1.807, 2.05) is 30.3 Å². The highest BCUT2D eigenvalue weighted by atomic mass is 16.3. The summed E-state index contributed by atoms with van der Waals surface area (Å²) in [5, 5.41) is 9.52. The van der Waals surface area contributed by atoms with E-state index in [1.54, 1.807) is 18.3 Å². The van der Waals surface area contributed by atoms with Gasteiger partial charge in [0.1, 0.15) is 5.75 Å². The molecule has 2 nitrogen and oxygen atoms in total. The number of hydrogen-bond acceptors (Lipinski definition) is 2. The second-order valence-corrected chi connectivity index (χ2v) is 2.73. The molecule has 0 fully saturated rings. The smallest absolute Gasteiger partial charge is 0.124 e. The number of hydrogen-bond donors (Lipinski definition) is 1. The summed E-state index contributed by atoms with van der Waals surface area (Å²) < 4.78 is 0. The Morgan fingerprint density at radius 3 is 2.38 bits per heavy atom. The van der Waals surface area contributed by atoms with Crippen LogP contribution in [0.3, 0.4) is 0 Å². The number of rotatable bonds is 1. The van der Waals surface area contributed by atoms with Crippen molar-refractivity contribution in [1.82, 2.24) is 4.98 Å². The molecule has 0 aliphatic carbocycles. The summed E-state index contributed by atoms with van der Waals surface area (Å²) in [5.74, 6) is 0.265. The lowest BCUT2D eigenvalue weighted by atomic mass is 10.1. The Labute approximate surface area is 76.5 Å². The molecular weight excluding hydrogens is 162 g/mol. The molecule has 1 aromatic heterocycles. The van der Waals surface area contributed by atoms with E-state index in [0.717, 1.165) is 11.3 Å². The molecule has 0 amide bonds. The molecule has 13 heavy (non-hydrogen) atoms. The van der Waals surface area contributed by atoms with Gasteiger partial charge in [0.05, 0.1) is 5.69 Å². The predicted octanol–water partition coefficient (Wildman–Crippen LogP) is 2.45. The molecule has 0 aliphatic heterocycles. The minimum atomic E-state index is 0.265. The zero-order valence-electron chi connectivity index (χ0n) is 7.01. The van der Waals surface area contributed by atoms with Crippen LogP contribution in [0.4, 0.5) is 0 Å². The lowest BCUT2D eigenvalue weighted by Gasteiger charge is -2.01. The van der Waals surface area contributed by atoms with Gasteiger partial charge in [-0.15, -0.1) is 0 Å². The van der Waals surface area contributed by atoms with Gasteiger partial charge in [0.15, 0.2) is 0 Å². The maximum atomic E-state index is 9.52. The summed E-state index contributed by atoms with van der Waals surface area (Å²) in [6.45, 7) is 0. The molecule has 0 radical (unpaired) electrons. The van der Waals surface area contributed by atoms with Crippen molar-refractivity contribution in [2.75, 3.05) is 0 Å². The van der Waals surface area contributed by atoms with E-state index in [9.17, 15) is 5.11 Å². The SMILES string of the molecule is Oc1ccccc1-c1ccccn1. The van der Waals surface area contributed by atoms with Gasteiger partial charge in [-0.1, -0.05) is 18.2 Å². The summed E-state index contributed by atoms with van der Waals surface area (Å²) in [7, 11) is 0. The molecule has 2 aromatic rings.